The fourth-order valence-corrected chi connectivity index (χ4v) is 2.14. The number of nitrogens with two attached hydrogens (primary N) is 1. The molecule has 0 radical (unpaired) electrons. The lowest BCUT2D eigenvalue weighted by atomic mass is 10.1. The van der Waals surface area contributed by atoms with Gasteiger partial charge in [0.25, 0.3) is 0 Å². The van der Waals surface area contributed by atoms with Crippen molar-refractivity contribution < 1.29 is 8.22 Å². The fraction of sp³-hybridized carbons (Fsp3) is 0.286. The van der Waals surface area contributed by atoms with Crippen molar-refractivity contribution in [2.75, 3.05) is 5.73 Å². The van der Waals surface area contributed by atoms with Crippen LogP contribution in [0.1, 0.15) is 21.9 Å². The van der Waals surface area contributed by atoms with E-state index < -0.39 is 19.6 Å². The molecule has 0 aliphatic carbocycles. The van der Waals surface area contributed by atoms with E-state index in [1.54, 1.807) is 10.6 Å². The largest absolute Gasteiger partial charge is 0.382 e. The van der Waals surface area contributed by atoms with Crippen molar-refractivity contribution in [2.45, 2.75) is 20.2 Å². The molecule has 2 heterocycles. The monoisotopic (exact) mass is 246 g/mol. The summed E-state index contributed by atoms with van der Waals surface area (Å²) in [6.45, 7) is -5.44. The van der Waals surface area contributed by atoms with Crippen LogP contribution in [0, 0.1) is 5.92 Å². The number of nitrogen functional groups attached to an aromatic ring is 1. The minimum atomic E-state index is -2.61. The van der Waals surface area contributed by atoms with Crippen molar-refractivity contribution in [3.63, 3.8) is 0 Å². The first-order valence-corrected chi connectivity index (χ1v) is 5.58. The highest BCUT2D eigenvalue weighted by Gasteiger charge is 2.12. The van der Waals surface area contributed by atoms with E-state index in [9.17, 15) is 0 Å². The Morgan fingerprint density at radius 3 is 3.06 bits per heavy atom. The fourth-order valence-electron chi connectivity index (χ4n) is 2.14. The van der Waals surface area contributed by atoms with Crippen molar-refractivity contribution in [3.8, 4) is 0 Å². The van der Waals surface area contributed by atoms with E-state index in [2.05, 4.69) is 9.97 Å². The Bertz CT molecular complexity index is 882. The summed E-state index contributed by atoms with van der Waals surface area (Å²) in [4.78, 5) is 8.47. The number of imidazole rings is 1. The Morgan fingerprint density at radius 2 is 2.22 bits per heavy atom. The third kappa shape index (κ3) is 1.61. The summed E-state index contributed by atoms with van der Waals surface area (Å²) in [5, 5.41) is 0.744. The zero-order chi connectivity index (χ0) is 17.7. The smallest absolute Gasteiger partial charge is 0.152 e. The van der Waals surface area contributed by atoms with Crippen LogP contribution in [0.4, 0.5) is 5.82 Å². The SMILES string of the molecule is [2H]C([2H])([2H])C(Cn1cnc2c(N)nc3ccccc3c21)C([2H])([2H])[2H]. The van der Waals surface area contributed by atoms with Gasteiger partial charge in [0.15, 0.2) is 5.82 Å². The highest BCUT2D eigenvalue weighted by molar-refractivity contribution is 6.06. The van der Waals surface area contributed by atoms with Gasteiger partial charge in [-0.05, 0) is 12.0 Å². The summed E-state index contributed by atoms with van der Waals surface area (Å²) in [5.74, 6) is -1.28. The van der Waals surface area contributed by atoms with Crippen LogP contribution in [0.5, 0.6) is 0 Å². The van der Waals surface area contributed by atoms with Gasteiger partial charge in [-0.15, -0.1) is 0 Å². The Labute approximate surface area is 114 Å². The normalized spacial score (nSPS) is 18.1. The molecule has 2 aromatic heterocycles. The van der Waals surface area contributed by atoms with Crippen LogP contribution in [0.15, 0.2) is 30.6 Å². The maximum atomic E-state index is 7.56. The minimum Gasteiger partial charge on any atom is -0.382 e. The average molecular weight is 246 g/mol. The van der Waals surface area contributed by atoms with E-state index in [-0.39, 0.29) is 12.4 Å². The molecule has 3 rings (SSSR count). The molecule has 4 nitrogen and oxygen atoms in total. The lowest BCUT2D eigenvalue weighted by molar-refractivity contribution is 0.533. The Balaban J connectivity index is 2.20. The highest BCUT2D eigenvalue weighted by atomic mass is 15.1. The molecule has 3 aromatic rings. The second-order valence-corrected chi connectivity index (χ2v) is 4.16. The van der Waals surface area contributed by atoms with Crippen LogP contribution in [0.2, 0.25) is 0 Å². The van der Waals surface area contributed by atoms with Crippen molar-refractivity contribution in [1.82, 2.24) is 14.5 Å². The van der Waals surface area contributed by atoms with Gasteiger partial charge in [-0.3, -0.25) is 0 Å². The molecule has 0 aliphatic heterocycles. The number of anilines is 1. The third-order valence-electron chi connectivity index (χ3n) is 2.86. The molecule has 0 spiro atoms. The first kappa shape index (κ1) is 6.18. The molecular formula is C14H16N4. The van der Waals surface area contributed by atoms with Gasteiger partial charge in [-0.1, -0.05) is 31.9 Å². The zero-order valence-electron chi connectivity index (χ0n) is 15.6. The van der Waals surface area contributed by atoms with Gasteiger partial charge in [-0.25, -0.2) is 9.97 Å². The Hall–Kier alpha value is -2.10. The second-order valence-electron chi connectivity index (χ2n) is 4.16. The summed E-state index contributed by atoms with van der Waals surface area (Å²) >= 11 is 0. The van der Waals surface area contributed by atoms with Gasteiger partial charge in [0, 0.05) is 20.2 Å². The number of hydrogen-bond donors (Lipinski definition) is 1. The number of pyridine rings is 1. The predicted molar refractivity (Wildman–Crippen MR) is 74.3 cm³/mol. The minimum absolute atomic E-state index is 0.211. The van der Waals surface area contributed by atoms with Gasteiger partial charge in [0.1, 0.15) is 5.52 Å². The Morgan fingerprint density at radius 1 is 1.39 bits per heavy atom. The van der Waals surface area contributed by atoms with Gasteiger partial charge >= 0.3 is 0 Å². The quantitative estimate of drug-likeness (QED) is 0.756. The van der Waals surface area contributed by atoms with Gasteiger partial charge in [-0.2, -0.15) is 0 Å². The lowest BCUT2D eigenvalue weighted by Crippen LogP contribution is -2.03. The standard InChI is InChI=1S/C14H16N4/c1-9(2)7-18-8-16-12-13(18)10-5-3-4-6-11(10)17-14(12)15/h3-6,8-9H,7H2,1-2H3,(H2,15,17)/i1D3,2D3. The summed E-state index contributed by atoms with van der Waals surface area (Å²) in [6.07, 6.45) is 1.42. The van der Waals surface area contributed by atoms with Crippen LogP contribution in [-0.2, 0) is 6.54 Å². The number of nitrogens with zero attached hydrogens (tertiary/aromatic N) is 3. The molecule has 18 heavy (non-hydrogen) atoms. The number of hydrogen-bond acceptors (Lipinski definition) is 3. The highest BCUT2D eigenvalue weighted by Crippen LogP contribution is 2.27. The molecule has 0 saturated heterocycles. The summed E-state index contributed by atoms with van der Waals surface area (Å²) in [7, 11) is 0. The van der Waals surface area contributed by atoms with Crippen LogP contribution < -0.4 is 5.73 Å². The summed E-state index contributed by atoms with van der Waals surface area (Å²) in [5.41, 5.74) is 7.60. The molecule has 0 atom stereocenters. The second kappa shape index (κ2) is 3.98. The van der Waals surface area contributed by atoms with Crippen LogP contribution in [0.25, 0.3) is 21.9 Å². The van der Waals surface area contributed by atoms with E-state index in [1.807, 2.05) is 18.2 Å². The molecule has 0 amide bonds. The van der Waals surface area contributed by atoms with Crippen molar-refractivity contribution in [2.24, 2.45) is 5.92 Å². The van der Waals surface area contributed by atoms with Gasteiger partial charge in [0.05, 0.1) is 17.4 Å². The molecule has 92 valence electrons. The summed E-state index contributed by atoms with van der Waals surface area (Å²) in [6, 6.07) is 7.24. The molecule has 0 fully saturated rings. The molecule has 4 heteroatoms. The van der Waals surface area contributed by atoms with Crippen molar-refractivity contribution in [3.05, 3.63) is 30.6 Å². The van der Waals surface area contributed by atoms with Gasteiger partial charge < -0.3 is 10.3 Å². The first-order chi connectivity index (χ1) is 11.1. The number of para-hydroxylation sites is 1. The van der Waals surface area contributed by atoms with Gasteiger partial charge in [0.2, 0.25) is 0 Å². The number of benzene rings is 1. The molecule has 0 saturated carbocycles. The predicted octanol–water partition coefficient (Wildman–Crippen LogP) is 2.82. The molecule has 2 N–H and O–H groups in total. The zero-order valence-corrected chi connectivity index (χ0v) is 9.59. The average Bonchev–Trinajstić information content (AvgIpc) is 2.87. The van der Waals surface area contributed by atoms with Crippen LogP contribution >= 0.6 is 0 Å². The van der Waals surface area contributed by atoms with E-state index >= 15 is 0 Å². The van der Waals surface area contributed by atoms with E-state index in [0.29, 0.717) is 16.6 Å². The van der Waals surface area contributed by atoms with Crippen LogP contribution in [-0.4, -0.2) is 14.5 Å². The molecule has 0 bridgehead atoms. The number of rotatable bonds is 2. The number of aromatic nitrogens is 3. The maximum Gasteiger partial charge on any atom is 0.152 e. The van der Waals surface area contributed by atoms with E-state index in [4.69, 9.17) is 14.0 Å². The third-order valence-corrected chi connectivity index (χ3v) is 2.86. The van der Waals surface area contributed by atoms with Crippen molar-refractivity contribution >= 4 is 27.8 Å². The molecule has 0 aliphatic rings. The first-order valence-electron chi connectivity index (χ1n) is 8.58. The summed E-state index contributed by atoms with van der Waals surface area (Å²) < 4.78 is 46.9. The molecule has 0 unspecified atom stereocenters. The number of fused-ring (bicyclic) bond motifs is 3. The molecular weight excluding hydrogens is 224 g/mol. The maximum absolute atomic E-state index is 7.56. The Kier molecular flexibility index (Phi) is 1.37. The lowest BCUT2D eigenvalue weighted by Gasteiger charge is -2.09. The van der Waals surface area contributed by atoms with Crippen LogP contribution in [0.3, 0.4) is 0 Å². The van der Waals surface area contributed by atoms with Crippen molar-refractivity contribution in [1.29, 1.82) is 0 Å². The topological polar surface area (TPSA) is 56.7 Å². The van der Waals surface area contributed by atoms with E-state index in [1.165, 1.54) is 6.33 Å². The van der Waals surface area contributed by atoms with E-state index in [0.717, 1.165) is 5.39 Å². The molecule has 1 aromatic carbocycles.